The first kappa shape index (κ1) is 13.4. The Morgan fingerprint density at radius 3 is 2.63 bits per heavy atom. The van der Waals surface area contributed by atoms with E-state index in [1.165, 1.54) is 45.1 Å². The number of amides is 1. The lowest BCUT2D eigenvalue weighted by atomic mass is 9.93. The van der Waals surface area contributed by atoms with Gasteiger partial charge < -0.3 is 10.2 Å². The molecule has 1 N–H and O–H groups in total. The molecule has 0 saturated carbocycles. The standard InChI is InChI=1S/C15H27N3O/c19-15(18-8-3-1-2-4-9-18)12-17-10-6-14-13(11-17)5-7-16-14/h13-14,16H,1-12H2. The zero-order valence-electron chi connectivity index (χ0n) is 11.9. The SMILES string of the molecule is O=C(CN1CCC2NCCC2C1)N1CCCCCC1. The number of fused-ring (bicyclic) bond motifs is 1. The van der Waals surface area contributed by atoms with E-state index in [0.717, 1.165) is 38.1 Å². The average molecular weight is 265 g/mol. The van der Waals surface area contributed by atoms with Crippen molar-refractivity contribution in [2.24, 2.45) is 5.92 Å². The number of hydrogen-bond acceptors (Lipinski definition) is 3. The first-order valence-electron chi connectivity index (χ1n) is 8.06. The van der Waals surface area contributed by atoms with E-state index < -0.39 is 0 Å². The van der Waals surface area contributed by atoms with Crippen molar-refractivity contribution in [1.82, 2.24) is 15.1 Å². The fourth-order valence-corrected chi connectivity index (χ4v) is 3.88. The Labute approximate surface area is 116 Å². The highest BCUT2D eigenvalue weighted by Crippen LogP contribution is 2.24. The molecule has 3 rings (SSSR count). The van der Waals surface area contributed by atoms with Crippen LogP contribution in [0.4, 0.5) is 0 Å². The molecule has 19 heavy (non-hydrogen) atoms. The molecular formula is C15H27N3O. The van der Waals surface area contributed by atoms with Gasteiger partial charge in [-0.3, -0.25) is 9.69 Å². The lowest BCUT2D eigenvalue weighted by molar-refractivity contribution is -0.132. The highest BCUT2D eigenvalue weighted by Gasteiger charge is 2.33. The van der Waals surface area contributed by atoms with Gasteiger partial charge in [0, 0.05) is 32.2 Å². The summed E-state index contributed by atoms with van der Waals surface area (Å²) in [4.78, 5) is 16.9. The molecule has 3 aliphatic heterocycles. The van der Waals surface area contributed by atoms with Gasteiger partial charge in [-0.05, 0) is 38.1 Å². The Morgan fingerprint density at radius 2 is 1.84 bits per heavy atom. The molecule has 3 fully saturated rings. The van der Waals surface area contributed by atoms with Crippen LogP contribution in [0.2, 0.25) is 0 Å². The molecule has 3 heterocycles. The molecule has 3 aliphatic rings. The van der Waals surface area contributed by atoms with Crippen molar-refractivity contribution in [3.8, 4) is 0 Å². The molecule has 0 bridgehead atoms. The number of carbonyl (C=O) groups is 1. The van der Waals surface area contributed by atoms with Crippen molar-refractivity contribution in [3.05, 3.63) is 0 Å². The third kappa shape index (κ3) is 3.29. The fourth-order valence-electron chi connectivity index (χ4n) is 3.88. The number of piperidine rings is 1. The molecular weight excluding hydrogens is 238 g/mol. The zero-order chi connectivity index (χ0) is 13.1. The molecule has 108 valence electrons. The van der Waals surface area contributed by atoms with Gasteiger partial charge in [0.25, 0.3) is 0 Å². The summed E-state index contributed by atoms with van der Waals surface area (Å²) in [5.74, 6) is 1.15. The van der Waals surface area contributed by atoms with Gasteiger partial charge in [0.05, 0.1) is 6.54 Å². The minimum absolute atomic E-state index is 0.367. The van der Waals surface area contributed by atoms with E-state index in [4.69, 9.17) is 0 Å². The molecule has 0 aliphatic carbocycles. The average Bonchev–Trinajstić information content (AvgIpc) is 2.71. The van der Waals surface area contributed by atoms with Crippen molar-refractivity contribution in [1.29, 1.82) is 0 Å². The maximum absolute atomic E-state index is 12.4. The summed E-state index contributed by atoms with van der Waals surface area (Å²) >= 11 is 0. The predicted octanol–water partition coefficient (Wildman–Crippen LogP) is 1.07. The van der Waals surface area contributed by atoms with Gasteiger partial charge >= 0.3 is 0 Å². The van der Waals surface area contributed by atoms with E-state index in [1.54, 1.807) is 0 Å². The Kier molecular flexibility index (Phi) is 4.38. The predicted molar refractivity (Wildman–Crippen MR) is 76.0 cm³/mol. The van der Waals surface area contributed by atoms with Crippen LogP contribution >= 0.6 is 0 Å². The smallest absolute Gasteiger partial charge is 0.236 e. The largest absolute Gasteiger partial charge is 0.342 e. The number of hydrogen-bond donors (Lipinski definition) is 1. The molecule has 0 radical (unpaired) electrons. The van der Waals surface area contributed by atoms with E-state index in [2.05, 4.69) is 15.1 Å². The summed E-state index contributed by atoms with van der Waals surface area (Å²) in [6.45, 7) is 6.01. The molecule has 0 spiro atoms. The maximum atomic E-state index is 12.4. The highest BCUT2D eigenvalue weighted by atomic mass is 16.2. The summed E-state index contributed by atoms with van der Waals surface area (Å²) in [5, 5.41) is 3.58. The van der Waals surface area contributed by atoms with E-state index in [1.807, 2.05) is 0 Å². The van der Waals surface area contributed by atoms with Gasteiger partial charge in [-0.15, -0.1) is 0 Å². The minimum atomic E-state index is 0.367. The molecule has 3 saturated heterocycles. The van der Waals surface area contributed by atoms with E-state index in [0.29, 0.717) is 12.5 Å². The van der Waals surface area contributed by atoms with Crippen molar-refractivity contribution >= 4 is 5.91 Å². The van der Waals surface area contributed by atoms with Gasteiger partial charge in [0.1, 0.15) is 0 Å². The Morgan fingerprint density at radius 1 is 1.05 bits per heavy atom. The topological polar surface area (TPSA) is 35.6 Å². The van der Waals surface area contributed by atoms with Gasteiger partial charge in [0.2, 0.25) is 5.91 Å². The number of nitrogens with zero attached hydrogens (tertiary/aromatic N) is 2. The monoisotopic (exact) mass is 265 g/mol. The third-order valence-electron chi connectivity index (χ3n) is 5.06. The van der Waals surface area contributed by atoms with Crippen LogP contribution in [0.5, 0.6) is 0 Å². The molecule has 4 heteroatoms. The van der Waals surface area contributed by atoms with Gasteiger partial charge in [-0.1, -0.05) is 12.8 Å². The second-order valence-electron chi connectivity index (χ2n) is 6.43. The van der Waals surface area contributed by atoms with Crippen molar-refractivity contribution in [2.75, 3.05) is 39.3 Å². The molecule has 4 nitrogen and oxygen atoms in total. The lowest BCUT2D eigenvalue weighted by Crippen LogP contribution is -2.48. The van der Waals surface area contributed by atoms with Crippen LogP contribution in [-0.4, -0.2) is 61.0 Å². The Bertz CT molecular complexity index is 313. The van der Waals surface area contributed by atoms with E-state index >= 15 is 0 Å². The maximum Gasteiger partial charge on any atom is 0.236 e. The molecule has 1 amide bonds. The summed E-state index contributed by atoms with van der Waals surface area (Å²) in [5.41, 5.74) is 0. The van der Waals surface area contributed by atoms with E-state index in [-0.39, 0.29) is 0 Å². The van der Waals surface area contributed by atoms with Crippen LogP contribution in [-0.2, 0) is 4.79 Å². The minimum Gasteiger partial charge on any atom is -0.342 e. The van der Waals surface area contributed by atoms with Crippen LogP contribution in [0.15, 0.2) is 0 Å². The number of rotatable bonds is 2. The summed E-state index contributed by atoms with van der Waals surface area (Å²) in [7, 11) is 0. The summed E-state index contributed by atoms with van der Waals surface area (Å²) < 4.78 is 0. The highest BCUT2D eigenvalue weighted by molar-refractivity contribution is 5.78. The molecule has 2 atom stereocenters. The van der Waals surface area contributed by atoms with Crippen molar-refractivity contribution < 1.29 is 4.79 Å². The first-order valence-corrected chi connectivity index (χ1v) is 8.06. The van der Waals surface area contributed by atoms with Crippen LogP contribution in [0.25, 0.3) is 0 Å². The molecule has 0 aromatic carbocycles. The lowest BCUT2D eigenvalue weighted by Gasteiger charge is -2.35. The van der Waals surface area contributed by atoms with Crippen molar-refractivity contribution in [3.63, 3.8) is 0 Å². The van der Waals surface area contributed by atoms with Gasteiger partial charge in [-0.2, -0.15) is 0 Å². The molecule has 0 aromatic heterocycles. The Balaban J connectivity index is 1.48. The second-order valence-corrected chi connectivity index (χ2v) is 6.43. The second kappa shape index (κ2) is 6.23. The van der Waals surface area contributed by atoms with Crippen LogP contribution in [0, 0.1) is 5.92 Å². The number of likely N-dealkylation sites (tertiary alicyclic amines) is 2. The van der Waals surface area contributed by atoms with Crippen LogP contribution in [0.1, 0.15) is 38.5 Å². The quantitative estimate of drug-likeness (QED) is 0.811. The van der Waals surface area contributed by atoms with Crippen molar-refractivity contribution in [2.45, 2.75) is 44.6 Å². The number of carbonyl (C=O) groups excluding carboxylic acids is 1. The molecule has 0 aromatic rings. The third-order valence-corrected chi connectivity index (χ3v) is 5.06. The first-order chi connectivity index (χ1) is 9.33. The summed E-state index contributed by atoms with van der Waals surface area (Å²) in [6.07, 6.45) is 7.49. The van der Waals surface area contributed by atoms with Gasteiger partial charge in [-0.25, -0.2) is 0 Å². The van der Waals surface area contributed by atoms with Gasteiger partial charge in [0.15, 0.2) is 0 Å². The normalized spacial score (nSPS) is 32.9. The van der Waals surface area contributed by atoms with Crippen LogP contribution < -0.4 is 5.32 Å². The number of nitrogens with one attached hydrogen (secondary N) is 1. The molecule has 2 unspecified atom stereocenters. The summed E-state index contributed by atoms with van der Waals surface area (Å²) in [6, 6.07) is 0.726. The fraction of sp³-hybridized carbons (Fsp3) is 0.933. The van der Waals surface area contributed by atoms with Crippen LogP contribution in [0.3, 0.4) is 0 Å². The Hall–Kier alpha value is -0.610. The van der Waals surface area contributed by atoms with E-state index in [9.17, 15) is 4.79 Å². The zero-order valence-corrected chi connectivity index (χ0v) is 11.9.